The van der Waals surface area contributed by atoms with Gasteiger partial charge in [0.05, 0.1) is 12.2 Å². The first-order valence-electron chi connectivity index (χ1n) is 11.2. The van der Waals surface area contributed by atoms with Crippen molar-refractivity contribution in [2.24, 2.45) is 0 Å². The lowest BCUT2D eigenvalue weighted by Crippen LogP contribution is -2.40. The molecule has 4 rings (SSSR count). The number of rotatable bonds is 6. The number of aliphatic hydroxyl groups is 1. The molecule has 2 N–H and O–H groups in total. The second-order valence-electron chi connectivity index (χ2n) is 8.69. The Labute approximate surface area is 188 Å². The van der Waals surface area contributed by atoms with Gasteiger partial charge in [-0.15, -0.1) is 0 Å². The molecule has 2 aliphatic rings. The summed E-state index contributed by atoms with van der Waals surface area (Å²) in [6.07, 6.45) is 1.33. The molecule has 0 saturated carbocycles. The minimum Gasteiger partial charge on any atom is -0.491 e. The Balaban J connectivity index is 1.46. The van der Waals surface area contributed by atoms with Crippen molar-refractivity contribution in [3.63, 3.8) is 0 Å². The third-order valence-electron chi connectivity index (χ3n) is 6.41. The first kappa shape index (κ1) is 22.1. The van der Waals surface area contributed by atoms with Crippen molar-refractivity contribution >= 4 is 17.6 Å². The maximum absolute atomic E-state index is 12.8. The topological polar surface area (TPSA) is 90.3 Å². The molecule has 1 fully saturated rings. The van der Waals surface area contributed by atoms with E-state index in [-0.39, 0.29) is 25.0 Å². The summed E-state index contributed by atoms with van der Waals surface area (Å²) in [6.45, 7) is 5.86. The highest BCUT2D eigenvalue weighted by Crippen LogP contribution is 2.29. The Kier molecular flexibility index (Phi) is 6.37. The highest BCUT2D eigenvalue weighted by atomic mass is 16.5. The number of benzene rings is 2. The number of hydrogen-bond acceptors (Lipinski definition) is 5. The summed E-state index contributed by atoms with van der Waals surface area (Å²) in [5.74, 6) is -0.562. The van der Waals surface area contributed by atoms with E-state index in [2.05, 4.69) is 30.9 Å². The molecule has 0 aliphatic carbocycles. The second kappa shape index (κ2) is 9.20. The zero-order valence-electron chi connectivity index (χ0n) is 18.5. The smallest absolute Gasteiger partial charge is 0.326 e. The minimum atomic E-state index is -1.09. The number of aliphatic hydroxyl groups excluding tert-OH is 1. The van der Waals surface area contributed by atoms with E-state index in [1.807, 2.05) is 18.2 Å². The zero-order valence-corrected chi connectivity index (χ0v) is 18.5. The molecule has 7 heteroatoms. The van der Waals surface area contributed by atoms with E-state index in [9.17, 15) is 19.8 Å². The maximum Gasteiger partial charge on any atom is 0.326 e. The van der Waals surface area contributed by atoms with Gasteiger partial charge in [-0.2, -0.15) is 0 Å². The molecule has 2 aromatic carbocycles. The molecule has 2 aromatic rings. The third-order valence-corrected chi connectivity index (χ3v) is 6.41. The number of fused-ring (bicyclic) bond motifs is 1. The van der Waals surface area contributed by atoms with E-state index in [4.69, 9.17) is 4.74 Å². The van der Waals surface area contributed by atoms with Gasteiger partial charge in [0, 0.05) is 37.3 Å². The van der Waals surface area contributed by atoms with Crippen molar-refractivity contribution in [3.8, 4) is 5.75 Å². The van der Waals surface area contributed by atoms with Crippen LogP contribution in [-0.2, 0) is 17.8 Å². The molecule has 7 nitrogen and oxygen atoms in total. The number of β-amino-alcohol motifs (C(OH)–C–C–N with tert-alkyl or cyclic N) is 1. The number of carboxylic acid groups (broad SMARTS) is 1. The number of anilines is 1. The molecule has 0 radical (unpaired) electrons. The first-order chi connectivity index (χ1) is 15.4. The molecule has 1 saturated heterocycles. The summed E-state index contributed by atoms with van der Waals surface area (Å²) in [5, 5.41) is 19.2. The van der Waals surface area contributed by atoms with Crippen molar-refractivity contribution in [1.29, 1.82) is 0 Å². The highest BCUT2D eigenvalue weighted by molar-refractivity contribution is 5.97. The van der Waals surface area contributed by atoms with Crippen LogP contribution in [0, 0.1) is 0 Å². The predicted molar refractivity (Wildman–Crippen MR) is 121 cm³/mol. The van der Waals surface area contributed by atoms with Crippen molar-refractivity contribution < 1.29 is 24.5 Å². The van der Waals surface area contributed by atoms with E-state index in [0.717, 1.165) is 37.4 Å². The lowest BCUT2D eigenvalue weighted by atomic mass is 9.98. The van der Waals surface area contributed by atoms with E-state index in [0.29, 0.717) is 5.56 Å². The molecule has 170 valence electrons. The van der Waals surface area contributed by atoms with Gasteiger partial charge in [0.1, 0.15) is 11.8 Å². The number of ether oxygens (including phenoxy) is 1. The number of amides is 1. The Bertz CT molecular complexity index is 990. The Morgan fingerprint density at radius 3 is 2.59 bits per heavy atom. The molecule has 3 atom stereocenters. The Hall–Kier alpha value is -3.06. The average molecular weight is 439 g/mol. The van der Waals surface area contributed by atoms with Crippen LogP contribution < -0.4 is 9.64 Å². The maximum atomic E-state index is 12.8. The van der Waals surface area contributed by atoms with E-state index >= 15 is 0 Å². The molecule has 2 aliphatic heterocycles. The summed E-state index contributed by atoms with van der Waals surface area (Å²) in [7, 11) is 0. The van der Waals surface area contributed by atoms with Crippen LogP contribution >= 0.6 is 0 Å². The number of carbonyl (C=O) groups excluding carboxylic acids is 1. The average Bonchev–Trinajstić information content (AvgIpc) is 3.20. The van der Waals surface area contributed by atoms with Crippen LogP contribution in [0.3, 0.4) is 0 Å². The fraction of sp³-hybridized carbons (Fsp3) is 0.440. The van der Waals surface area contributed by atoms with Crippen LogP contribution in [0.15, 0.2) is 42.5 Å². The van der Waals surface area contributed by atoms with E-state index < -0.39 is 18.1 Å². The highest BCUT2D eigenvalue weighted by Gasteiger charge is 2.39. The van der Waals surface area contributed by atoms with Gasteiger partial charge >= 0.3 is 5.97 Å². The van der Waals surface area contributed by atoms with Gasteiger partial charge in [0.15, 0.2) is 0 Å². The van der Waals surface area contributed by atoms with Gasteiger partial charge in [0.25, 0.3) is 5.91 Å². The van der Waals surface area contributed by atoms with Crippen molar-refractivity contribution in [2.45, 2.75) is 57.9 Å². The van der Waals surface area contributed by atoms with Crippen LogP contribution in [0.1, 0.15) is 48.2 Å². The van der Waals surface area contributed by atoms with Crippen LogP contribution in [0.2, 0.25) is 0 Å². The van der Waals surface area contributed by atoms with Gasteiger partial charge in [-0.25, -0.2) is 4.79 Å². The van der Waals surface area contributed by atoms with Crippen LogP contribution in [0.25, 0.3) is 0 Å². The normalized spacial score (nSPS) is 21.2. The zero-order chi connectivity index (χ0) is 22.8. The molecule has 0 aromatic heterocycles. The quantitative estimate of drug-likeness (QED) is 0.720. The molecule has 0 unspecified atom stereocenters. The lowest BCUT2D eigenvalue weighted by Gasteiger charge is -2.31. The number of carboxylic acids is 1. The standard InChI is InChI=1S/C25H30N2O5/c1-3-16(2)32-22-9-6-17-10-11-26(14-19(17)12-22)20-7-4-18(5-8-20)24(29)27-15-21(28)13-23(27)25(30)31/h4-9,12,16,21,23,28H,3,10-11,13-15H2,1-2H3,(H,30,31)/t16-,21-,23+/m1/s1. The molecule has 32 heavy (non-hydrogen) atoms. The van der Waals surface area contributed by atoms with Gasteiger partial charge in [-0.05, 0) is 67.3 Å². The second-order valence-corrected chi connectivity index (χ2v) is 8.69. The molecule has 1 amide bonds. The van der Waals surface area contributed by atoms with Crippen molar-refractivity contribution in [1.82, 2.24) is 4.90 Å². The van der Waals surface area contributed by atoms with Crippen molar-refractivity contribution in [2.75, 3.05) is 18.0 Å². The molecular weight excluding hydrogens is 408 g/mol. The Morgan fingerprint density at radius 1 is 1.16 bits per heavy atom. The van der Waals surface area contributed by atoms with Gasteiger partial charge in [0.2, 0.25) is 0 Å². The number of hydrogen-bond donors (Lipinski definition) is 2. The Morgan fingerprint density at radius 2 is 1.91 bits per heavy atom. The summed E-state index contributed by atoms with van der Waals surface area (Å²) in [4.78, 5) is 27.8. The molecular formula is C25H30N2O5. The fourth-order valence-electron chi connectivity index (χ4n) is 4.40. The predicted octanol–water partition coefficient (Wildman–Crippen LogP) is 3.09. The van der Waals surface area contributed by atoms with Gasteiger partial charge in [-0.1, -0.05) is 13.0 Å². The first-order valence-corrected chi connectivity index (χ1v) is 11.2. The molecule has 2 heterocycles. The lowest BCUT2D eigenvalue weighted by molar-refractivity contribution is -0.141. The SMILES string of the molecule is CC[C@@H](C)Oc1ccc2c(c1)CN(c1ccc(C(=O)N3C[C@H](O)C[C@H]3C(=O)O)cc1)CC2. The van der Waals surface area contributed by atoms with Crippen molar-refractivity contribution in [3.05, 3.63) is 59.2 Å². The van der Waals surface area contributed by atoms with Gasteiger partial charge in [-0.3, -0.25) is 4.79 Å². The molecule has 0 bridgehead atoms. The monoisotopic (exact) mass is 438 g/mol. The van der Waals surface area contributed by atoms with E-state index in [1.54, 1.807) is 12.1 Å². The van der Waals surface area contributed by atoms with Gasteiger partial charge < -0.3 is 24.7 Å². The summed E-state index contributed by atoms with van der Waals surface area (Å²) >= 11 is 0. The fourth-order valence-corrected chi connectivity index (χ4v) is 4.40. The number of likely N-dealkylation sites (tertiary alicyclic amines) is 1. The number of carbonyl (C=O) groups is 2. The number of nitrogens with zero attached hydrogens (tertiary/aromatic N) is 2. The largest absolute Gasteiger partial charge is 0.491 e. The minimum absolute atomic E-state index is 0.0432. The molecule has 0 spiro atoms. The number of aliphatic carboxylic acids is 1. The van der Waals surface area contributed by atoms with Crippen LogP contribution in [0.5, 0.6) is 5.75 Å². The van der Waals surface area contributed by atoms with E-state index in [1.165, 1.54) is 16.0 Å². The third kappa shape index (κ3) is 4.58. The van der Waals surface area contributed by atoms with Crippen LogP contribution in [-0.4, -0.2) is 58.3 Å². The van der Waals surface area contributed by atoms with Crippen LogP contribution in [0.4, 0.5) is 5.69 Å². The summed E-state index contributed by atoms with van der Waals surface area (Å²) in [6, 6.07) is 12.6. The summed E-state index contributed by atoms with van der Waals surface area (Å²) < 4.78 is 5.97. The summed E-state index contributed by atoms with van der Waals surface area (Å²) in [5.41, 5.74) is 4.01.